The minimum Gasteiger partial charge on any atom is -0.491 e. The molecule has 1 atom stereocenters. The van der Waals surface area contributed by atoms with Crippen molar-refractivity contribution < 1.29 is 9.47 Å². The SMILES string of the molecule is c1cncc(OCCNC2CCCOC2)c1. The van der Waals surface area contributed by atoms with E-state index in [1.165, 1.54) is 6.42 Å². The summed E-state index contributed by atoms with van der Waals surface area (Å²) in [5, 5.41) is 3.42. The minimum absolute atomic E-state index is 0.492. The van der Waals surface area contributed by atoms with E-state index in [1.807, 2.05) is 12.1 Å². The van der Waals surface area contributed by atoms with Crippen molar-refractivity contribution >= 4 is 0 Å². The van der Waals surface area contributed by atoms with Crippen LogP contribution in [0.2, 0.25) is 0 Å². The fourth-order valence-corrected chi connectivity index (χ4v) is 1.77. The maximum atomic E-state index is 5.53. The van der Waals surface area contributed by atoms with Crippen molar-refractivity contribution in [2.24, 2.45) is 0 Å². The molecule has 0 amide bonds. The summed E-state index contributed by atoms with van der Waals surface area (Å²) in [7, 11) is 0. The van der Waals surface area contributed by atoms with Gasteiger partial charge in [-0.1, -0.05) is 0 Å². The lowest BCUT2D eigenvalue weighted by Gasteiger charge is -2.23. The van der Waals surface area contributed by atoms with Gasteiger partial charge in [-0.05, 0) is 25.0 Å². The van der Waals surface area contributed by atoms with Crippen LogP contribution in [0.15, 0.2) is 24.5 Å². The van der Waals surface area contributed by atoms with Gasteiger partial charge in [0.15, 0.2) is 0 Å². The average Bonchev–Trinajstić information content (AvgIpc) is 2.37. The molecular weight excluding hydrogens is 204 g/mol. The Hall–Kier alpha value is -1.13. The molecule has 2 heterocycles. The molecule has 0 aromatic carbocycles. The summed E-state index contributed by atoms with van der Waals surface area (Å²) in [6.07, 6.45) is 5.82. The Kier molecular flexibility index (Phi) is 4.58. The first-order chi connectivity index (χ1) is 7.95. The Bertz CT molecular complexity index is 286. The molecule has 0 radical (unpaired) electrons. The van der Waals surface area contributed by atoms with Gasteiger partial charge in [0.05, 0.1) is 12.8 Å². The smallest absolute Gasteiger partial charge is 0.137 e. The number of pyridine rings is 1. The number of hydrogen-bond donors (Lipinski definition) is 1. The zero-order chi connectivity index (χ0) is 11.1. The molecule has 0 saturated carbocycles. The third-order valence-electron chi connectivity index (χ3n) is 2.60. The standard InChI is InChI=1S/C12H18N2O2/c1-4-12(9-13-5-1)16-8-6-14-11-3-2-7-15-10-11/h1,4-5,9,11,14H,2-3,6-8,10H2. The van der Waals surface area contributed by atoms with Gasteiger partial charge in [-0.25, -0.2) is 0 Å². The zero-order valence-corrected chi connectivity index (χ0v) is 9.39. The van der Waals surface area contributed by atoms with Gasteiger partial charge >= 0.3 is 0 Å². The van der Waals surface area contributed by atoms with Crippen molar-refractivity contribution in [3.8, 4) is 5.75 Å². The zero-order valence-electron chi connectivity index (χ0n) is 9.39. The molecule has 0 bridgehead atoms. The molecule has 4 nitrogen and oxygen atoms in total. The van der Waals surface area contributed by atoms with Crippen LogP contribution in [-0.4, -0.2) is 37.4 Å². The number of hydrogen-bond acceptors (Lipinski definition) is 4. The Balaban J connectivity index is 1.58. The van der Waals surface area contributed by atoms with E-state index in [4.69, 9.17) is 9.47 Å². The lowest BCUT2D eigenvalue weighted by Crippen LogP contribution is -2.38. The summed E-state index contributed by atoms with van der Waals surface area (Å²) in [6.45, 7) is 3.25. The highest BCUT2D eigenvalue weighted by Crippen LogP contribution is 2.06. The van der Waals surface area contributed by atoms with Crippen molar-refractivity contribution in [3.63, 3.8) is 0 Å². The van der Waals surface area contributed by atoms with Crippen LogP contribution in [0.3, 0.4) is 0 Å². The van der Waals surface area contributed by atoms with Gasteiger partial charge in [0, 0.05) is 25.4 Å². The predicted octanol–water partition coefficient (Wildman–Crippen LogP) is 1.23. The number of nitrogens with zero attached hydrogens (tertiary/aromatic N) is 1. The largest absolute Gasteiger partial charge is 0.491 e. The molecule has 16 heavy (non-hydrogen) atoms. The van der Waals surface area contributed by atoms with Crippen LogP contribution in [0.4, 0.5) is 0 Å². The summed E-state index contributed by atoms with van der Waals surface area (Å²) >= 11 is 0. The van der Waals surface area contributed by atoms with Crippen LogP contribution in [-0.2, 0) is 4.74 Å². The third kappa shape index (κ3) is 3.79. The second-order valence-corrected chi connectivity index (χ2v) is 3.91. The Morgan fingerprint density at radius 2 is 2.56 bits per heavy atom. The van der Waals surface area contributed by atoms with Gasteiger partial charge in [-0.2, -0.15) is 0 Å². The Morgan fingerprint density at radius 3 is 3.31 bits per heavy atom. The van der Waals surface area contributed by atoms with Crippen LogP contribution in [0, 0.1) is 0 Å². The highest BCUT2D eigenvalue weighted by molar-refractivity contribution is 5.15. The van der Waals surface area contributed by atoms with Crippen molar-refractivity contribution in [3.05, 3.63) is 24.5 Å². The van der Waals surface area contributed by atoms with Gasteiger partial charge in [0.2, 0.25) is 0 Å². The van der Waals surface area contributed by atoms with E-state index in [2.05, 4.69) is 10.3 Å². The summed E-state index contributed by atoms with van der Waals surface area (Å²) in [4.78, 5) is 3.99. The summed E-state index contributed by atoms with van der Waals surface area (Å²) < 4.78 is 10.9. The van der Waals surface area contributed by atoms with Gasteiger partial charge in [-0.3, -0.25) is 4.98 Å². The number of aromatic nitrogens is 1. The Morgan fingerprint density at radius 1 is 1.56 bits per heavy atom. The first kappa shape index (κ1) is 11.4. The molecule has 1 saturated heterocycles. The van der Waals surface area contributed by atoms with Crippen LogP contribution in [0.1, 0.15) is 12.8 Å². The molecule has 1 fully saturated rings. The number of ether oxygens (including phenoxy) is 2. The molecule has 1 aromatic heterocycles. The molecule has 1 unspecified atom stereocenters. The molecule has 0 spiro atoms. The molecule has 1 aliphatic rings. The van der Waals surface area contributed by atoms with E-state index >= 15 is 0 Å². The summed E-state index contributed by atoms with van der Waals surface area (Å²) in [5.74, 6) is 0.823. The Labute approximate surface area is 96.0 Å². The number of rotatable bonds is 5. The highest BCUT2D eigenvalue weighted by Gasteiger charge is 2.12. The molecule has 1 aliphatic heterocycles. The number of nitrogens with one attached hydrogen (secondary N) is 1. The molecular formula is C12H18N2O2. The van der Waals surface area contributed by atoms with Crippen molar-refractivity contribution in [1.29, 1.82) is 0 Å². The lowest BCUT2D eigenvalue weighted by atomic mass is 10.1. The maximum absolute atomic E-state index is 5.53. The molecule has 1 aromatic rings. The lowest BCUT2D eigenvalue weighted by molar-refractivity contribution is 0.0693. The van der Waals surface area contributed by atoms with Gasteiger partial charge in [-0.15, -0.1) is 0 Å². The van der Waals surface area contributed by atoms with E-state index in [0.29, 0.717) is 12.6 Å². The third-order valence-corrected chi connectivity index (χ3v) is 2.60. The first-order valence-corrected chi connectivity index (χ1v) is 5.79. The monoisotopic (exact) mass is 222 g/mol. The van der Waals surface area contributed by atoms with E-state index < -0.39 is 0 Å². The van der Waals surface area contributed by atoms with Gasteiger partial charge < -0.3 is 14.8 Å². The van der Waals surface area contributed by atoms with Crippen LogP contribution < -0.4 is 10.1 Å². The molecule has 0 aliphatic carbocycles. The fourth-order valence-electron chi connectivity index (χ4n) is 1.77. The van der Waals surface area contributed by atoms with E-state index in [1.54, 1.807) is 12.4 Å². The first-order valence-electron chi connectivity index (χ1n) is 5.79. The quantitative estimate of drug-likeness (QED) is 0.761. The van der Waals surface area contributed by atoms with Crippen molar-refractivity contribution in [2.45, 2.75) is 18.9 Å². The molecule has 1 N–H and O–H groups in total. The molecule has 4 heteroatoms. The van der Waals surface area contributed by atoms with Crippen molar-refractivity contribution in [2.75, 3.05) is 26.4 Å². The predicted molar refractivity (Wildman–Crippen MR) is 61.6 cm³/mol. The maximum Gasteiger partial charge on any atom is 0.137 e. The average molecular weight is 222 g/mol. The normalized spacial score (nSPS) is 20.6. The second kappa shape index (κ2) is 6.45. The van der Waals surface area contributed by atoms with Crippen LogP contribution in [0.5, 0.6) is 5.75 Å². The second-order valence-electron chi connectivity index (χ2n) is 3.91. The molecule has 2 rings (SSSR count). The highest BCUT2D eigenvalue weighted by atomic mass is 16.5. The summed E-state index contributed by atoms with van der Waals surface area (Å²) in [5.41, 5.74) is 0. The van der Waals surface area contributed by atoms with Gasteiger partial charge in [0.1, 0.15) is 12.4 Å². The minimum atomic E-state index is 0.492. The van der Waals surface area contributed by atoms with Crippen LogP contribution >= 0.6 is 0 Å². The van der Waals surface area contributed by atoms with E-state index in [-0.39, 0.29) is 0 Å². The van der Waals surface area contributed by atoms with E-state index in [9.17, 15) is 0 Å². The van der Waals surface area contributed by atoms with Gasteiger partial charge in [0.25, 0.3) is 0 Å². The summed E-state index contributed by atoms with van der Waals surface area (Å²) in [6, 6.07) is 4.28. The fraction of sp³-hybridized carbons (Fsp3) is 0.583. The van der Waals surface area contributed by atoms with E-state index in [0.717, 1.165) is 31.9 Å². The molecule has 88 valence electrons. The van der Waals surface area contributed by atoms with Crippen LogP contribution in [0.25, 0.3) is 0 Å². The topological polar surface area (TPSA) is 43.4 Å². The van der Waals surface area contributed by atoms with Crippen molar-refractivity contribution in [1.82, 2.24) is 10.3 Å².